The minimum absolute atomic E-state index is 0.0851. The highest BCUT2D eigenvalue weighted by Gasteiger charge is 2.19. The monoisotopic (exact) mass is 507 g/mol. The molecule has 0 saturated carbocycles. The Morgan fingerprint density at radius 1 is 1.12 bits per heavy atom. The number of halogens is 2. The van der Waals surface area contributed by atoms with Crippen LogP contribution in [0, 0.1) is 5.82 Å². The molecule has 2 N–H and O–H groups in total. The molecule has 1 amide bonds. The largest absolute Gasteiger partial charge is 0.481 e. The van der Waals surface area contributed by atoms with Gasteiger partial charge in [0.15, 0.2) is 0 Å². The van der Waals surface area contributed by atoms with Gasteiger partial charge in [0.05, 0.1) is 34.3 Å². The Bertz CT molecular complexity index is 1350. The molecule has 0 fully saturated rings. The van der Waals surface area contributed by atoms with Gasteiger partial charge in [0.25, 0.3) is 0 Å². The maximum Gasteiger partial charge on any atom is 0.305 e. The maximum atomic E-state index is 13.3. The predicted octanol–water partition coefficient (Wildman–Crippen LogP) is 5.65. The van der Waals surface area contributed by atoms with Gasteiger partial charge in [-0.25, -0.2) is 9.37 Å². The van der Waals surface area contributed by atoms with E-state index in [-0.39, 0.29) is 18.1 Å². The highest BCUT2D eigenvalue weighted by Crippen LogP contribution is 2.28. The van der Waals surface area contributed by atoms with E-state index in [0.29, 0.717) is 21.2 Å². The summed E-state index contributed by atoms with van der Waals surface area (Å²) in [6.45, 7) is 0. The maximum absolute atomic E-state index is 13.3. The van der Waals surface area contributed by atoms with Crippen molar-refractivity contribution in [3.05, 3.63) is 101 Å². The molecule has 1 unspecified atom stereocenters. The molecule has 0 radical (unpaired) electrons. The number of hydrogen-bond acceptors (Lipinski definition) is 3. The molecular formula is C25H19BrFN3O3. The smallest absolute Gasteiger partial charge is 0.305 e. The van der Waals surface area contributed by atoms with Gasteiger partial charge < -0.3 is 15.0 Å². The van der Waals surface area contributed by atoms with Crippen LogP contribution in [0.2, 0.25) is 0 Å². The average Bonchev–Trinajstić information content (AvgIpc) is 3.21. The molecular weight excluding hydrogens is 489 g/mol. The quantitative estimate of drug-likeness (QED) is 0.316. The molecule has 8 heteroatoms. The Kier molecular flexibility index (Phi) is 6.65. The van der Waals surface area contributed by atoms with Crippen LogP contribution < -0.4 is 5.32 Å². The van der Waals surface area contributed by atoms with Crippen molar-refractivity contribution in [1.29, 1.82) is 0 Å². The van der Waals surface area contributed by atoms with E-state index < -0.39 is 12.0 Å². The van der Waals surface area contributed by atoms with Crippen molar-refractivity contribution in [2.75, 3.05) is 5.32 Å². The van der Waals surface area contributed by atoms with Crippen molar-refractivity contribution in [1.82, 2.24) is 9.55 Å². The molecule has 0 aliphatic carbocycles. The van der Waals surface area contributed by atoms with Gasteiger partial charge in [0.2, 0.25) is 5.91 Å². The summed E-state index contributed by atoms with van der Waals surface area (Å²) >= 11 is 3.12. The lowest BCUT2D eigenvalue weighted by atomic mass is 10.0. The fraction of sp³-hybridized carbons (Fsp3) is 0.0800. The molecule has 0 spiro atoms. The summed E-state index contributed by atoms with van der Waals surface area (Å²) in [4.78, 5) is 28.2. The number of nitrogens with one attached hydrogen (secondary N) is 1. The summed E-state index contributed by atoms with van der Waals surface area (Å²) < 4.78 is 15.5. The number of rotatable bonds is 7. The number of carbonyl (C=O) groups is 2. The van der Waals surface area contributed by atoms with E-state index in [1.165, 1.54) is 12.1 Å². The Hall–Kier alpha value is -3.78. The lowest BCUT2D eigenvalue weighted by molar-refractivity contribution is -0.137. The zero-order valence-corrected chi connectivity index (χ0v) is 18.9. The van der Waals surface area contributed by atoms with E-state index in [9.17, 15) is 19.1 Å². The number of amides is 1. The first kappa shape index (κ1) is 22.4. The third kappa shape index (κ3) is 5.35. The van der Waals surface area contributed by atoms with E-state index >= 15 is 0 Å². The van der Waals surface area contributed by atoms with Crippen molar-refractivity contribution in [3.8, 4) is 0 Å². The molecule has 3 aromatic carbocycles. The van der Waals surface area contributed by atoms with E-state index in [1.54, 1.807) is 42.7 Å². The molecule has 0 aliphatic heterocycles. The molecule has 0 aliphatic rings. The van der Waals surface area contributed by atoms with Crippen LogP contribution in [0.3, 0.4) is 0 Å². The summed E-state index contributed by atoms with van der Waals surface area (Å²) in [7, 11) is 0. The Morgan fingerprint density at radius 3 is 2.64 bits per heavy atom. The minimum atomic E-state index is -0.908. The molecule has 1 atom stereocenters. The molecule has 1 heterocycles. The number of anilines is 1. The van der Waals surface area contributed by atoms with Crippen LogP contribution in [0.15, 0.2) is 83.6 Å². The van der Waals surface area contributed by atoms with Gasteiger partial charge in [-0.05, 0) is 63.5 Å². The second-order valence-corrected chi connectivity index (χ2v) is 8.23. The van der Waals surface area contributed by atoms with Gasteiger partial charge in [0, 0.05) is 11.8 Å². The lowest BCUT2D eigenvalue weighted by Crippen LogP contribution is -2.14. The van der Waals surface area contributed by atoms with Gasteiger partial charge in [0.1, 0.15) is 5.82 Å². The van der Waals surface area contributed by atoms with Crippen LogP contribution in [-0.4, -0.2) is 26.5 Å². The number of hydrogen-bond donors (Lipinski definition) is 2. The summed E-state index contributed by atoms with van der Waals surface area (Å²) in [6.07, 6.45) is 4.48. The highest BCUT2D eigenvalue weighted by molar-refractivity contribution is 9.10. The first-order chi connectivity index (χ1) is 15.9. The van der Waals surface area contributed by atoms with Crippen LogP contribution in [0.25, 0.3) is 17.1 Å². The van der Waals surface area contributed by atoms with Crippen molar-refractivity contribution in [2.24, 2.45) is 0 Å². The Labute approximate surface area is 197 Å². The second kappa shape index (κ2) is 9.79. The van der Waals surface area contributed by atoms with Gasteiger partial charge in [-0.1, -0.05) is 36.4 Å². The fourth-order valence-corrected chi connectivity index (χ4v) is 3.94. The van der Waals surface area contributed by atoms with E-state index in [0.717, 1.165) is 11.1 Å². The van der Waals surface area contributed by atoms with Crippen molar-refractivity contribution < 1.29 is 19.1 Å². The molecule has 0 saturated heterocycles. The van der Waals surface area contributed by atoms with Gasteiger partial charge >= 0.3 is 5.97 Å². The number of carbonyl (C=O) groups excluding carboxylic acids is 1. The number of carboxylic acids is 1. The molecule has 33 heavy (non-hydrogen) atoms. The molecule has 4 rings (SSSR count). The van der Waals surface area contributed by atoms with Gasteiger partial charge in [-0.2, -0.15) is 0 Å². The third-order valence-corrected chi connectivity index (χ3v) is 5.71. The molecule has 4 aromatic rings. The van der Waals surface area contributed by atoms with E-state index in [2.05, 4.69) is 26.2 Å². The normalized spacial score (nSPS) is 12.2. The summed E-state index contributed by atoms with van der Waals surface area (Å²) in [5.41, 5.74) is 3.49. The number of nitrogens with zero attached hydrogens (tertiary/aromatic N) is 2. The van der Waals surface area contributed by atoms with Gasteiger partial charge in [-0.3, -0.25) is 9.59 Å². The van der Waals surface area contributed by atoms with E-state index in [4.69, 9.17) is 0 Å². The number of fused-ring (bicyclic) bond motifs is 1. The van der Waals surface area contributed by atoms with Crippen LogP contribution in [0.5, 0.6) is 0 Å². The van der Waals surface area contributed by atoms with Crippen LogP contribution in [0.4, 0.5) is 10.1 Å². The Morgan fingerprint density at radius 2 is 1.91 bits per heavy atom. The fourth-order valence-electron chi connectivity index (χ4n) is 3.55. The van der Waals surface area contributed by atoms with Crippen LogP contribution in [0.1, 0.15) is 23.6 Å². The number of imidazole rings is 1. The van der Waals surface area contributed by atoms with E-state index in [1.807, 2.05) is 34.9 Å². The zero-order chi connectivity index (χ0) is 23.4. The predicted molar refractivity (Wildman–Crippen MR) is 128 cm³/mol. The topological polar surface area (TPSA) is 84.2 Å². The first-order valence-electron chi connectivity index (χ1n) is 10.1. The number of benzene rings is 3. The van der Waals surface area contributed by atoms with Crippen LogP contribution >= 0.6 is 15.9 Å². The number of carboxylic acid groups (broad SMARTS) is 1. The molecule has 6 nitrogen and oxygen atoms in total. The van der Waals surface area contributed by atoms with Crippen molar-refractivity contribution in [2.45, 2.75) is 12.5 Å². The van der Waals surface area contributed by atoms with Gasteiger partial charge in [-0.15, -0.1) is 0 Å². The molecule has 0 bridgehead atoms. The number of aromatic nitrogens is 2. The SMILES string of the molecule is O=C(O)CC(c1ccccc1)n1cnc2cc(NC(=O)/C=C/c3ccc(F)c(Br)c3)ccc21. The standard InChI is InChI=1S/C25H19BrFN3O3/c26-19-12-16(6-9-20(19)27)7-11-24(31)29-18-8-10-22-21(13-18)28-15-30(22)23(14-25(32)33)17-4-2-1-3-5-17/h1-13,15,23H,14H2,(H,29,31)(H,32,33)/b11-7+. The summed E-state index contributed by atoms with van der Waals surface area (Å²) in [5, 5.41) is 12.2. The zero-order valence-electron chi connectivity index (χ0n) is 17.3. The van der Waals surface area contributed by atoms with Crippen molar-refractivity contribution >= 4 is 50.6 Å². The van der Waals surface area contributed by atoms with Crippen molar-refractivity contribution in [3.63, 3.8) is 0 Å². The summed E-state index contributed by atoms with van der Waals surface area (Å²) in [5.74, 6) is -1.63. The first-order valence-corrected chi connectivity index (χ1v) is 10.9. The van der Waals surface area contributed by atoms with Crippen LogP contribution in [-0.2, 0) is 9.59 Å². The Balaban J connectivity index is 1.54. The lowest BCUT2D eigenvalue weighted by Gasteiger charge is -2.18. The highest BCUT2D eigenvalue weighted by atomic mass is 79.9. The summed E-state index contributed by atoms with van der Waals surface area (Å²) in [6, 6.07) is 18.7. The number of aliphatic carboxylic acids is 1. The second-order valence-electron chi connectivity index (χ2n) is 7.38. The minimum Gasteiger partial charge on any atom is -0.481 e. The average molecular weight is 508 g/mol. The third-order valence-electron chi connectivity index (χ3n) is 5.10. The molecule has 1 aromatic heterocycles. The molecule has 166 valence electrons.